The Hall–Kier alpha value is -1.09. The maximum Gasteiger partial charge on any atom is 0.164 e. The van der Waals surface area contributed by atoms with Crippen LogP contribution in [0.4, 0.5) is 4.39 Å². The predicted octanol–water partition coefficient (Wildman–Crippen LogP) is 1.46. The van der Waals surface area contributed by atoms with Gasteiger partial charge in [0, 0.05) is 18.7 Å². The van der Waals surface area contributed by atoms with Crippen molar-refractivity contribution in [3.63, 3.8) is 0 Å². The Morgan fingerprint density at radius 2 is 2.08 bits per heavy atom. The smallest absolute Gasteiger partial charge is 0.164 e. The molecule has 70 valence electrons. The van der Waals surface area contributed by atoms with Crippen LogP contribution in [0.5, 0.6) is 5.75 Å². The Labute approximate surface area is 76.7 Å². The molecule has 0 radical (unpaired) electrons. The molecule has 1 aromatic carbocycles. The lowest BCUT2D eigenvalue weighted by Gasteiger charge is -2.36. The molecule has 0 aromatic heterocycles. The molecular weight excluding hydrogens is 169 g/mol. The molecular formula is C10H12FNO. The highest BCUT2D eigenvalue weighted by molar-refractivity contribution is 5.40. The van der Waals surface area contributed by atoms with E-state index in [0.29, 0.717) is 24.4 Å². The summed E-state index contributed by atoms with van der Waals surface area (Å²) in [4.78, 5) is 0. The van der Waals surface area contributed by atoms with Gasteiger partial charge in [0.05, 0.1) is 7.11 Å². The molecule has 13 heavy (non-hydrogen) atoms. The largest absolute Gasteiger partial charge is 0.496 e. The van der Waals surface area contributed by atoms with E-state index in [0.717, 1.165) is 0 Å². The van der Waals surface area contributed by atoms with Gasteiger partial charge in [0.2, 0.25) is 0 Å². The summed E-state index contributed by atoms with van der Waals surface area (Å²) in [5, 5.41) is 2.92. The SMILES string of the molecule is COc1ccccc1C1(F)CNC1. The zero-order chi connectivity index (χ0) is 9.31. The second-order valence-electron chi connectivity index (χ2n) is 3.27. The van der Waals surface area contributed by atoms with Gasteiger partial charge in [-0.25, -0.2) is 4.39 Å². The summed E-state index contributed by atoms with van der Waals surface area (Å²) < 4.78 is 19.0. The average Bonchev–Trinajstić information content (AvgIpc) is 2.14. The van der Waals surface area contributed by atoms with Crippen LogP contribution < -0.4 is 10.1 Å². The van der Waals surface area contributed by atoms with E-state index in [2.05, 4.69) is 5.32 Å². The van der Waals surface area contributed by atoms with Crippen LogP contribution in [0.3, 0.4) is 0 Å². The molecule has 2 nitrogen and oxygen atoms in total. The van der Waals surface area contributed by atoms with Crippen LogP contribution in [-0.2, 0) is 5.67 Å². The first-order chi connectivity index (χ1) is 6.26. The molecule has 3 heteroatoms. The molecule has 0 spiro atoms. The number of halogens is 1. The first kappa shape index (κ1) is 8.51. The lowest BCUT2D eigenvalue weighted by molar-refractivity contribution is 0.0858. The molecule has 1 aliphatic rings. The van der Waals surface area contributed by atoms with Crippen LogP contribution >= 0.6 is 0 Å². The Bertz CT molecular complexity index is 310. The third-order valence-corrected chi connectivity index (χ3v) is 2.40. The van der Waals surface area contributed by atoms with Gasteiger partial charge in [-0.1, -0.05) is 18.2 Å². The van der Waals surface area contributed by atoms with Crippen LogP contribution in [-0.4, -0.2) is 20.2 Å². The zero-order valence-corrected chi connectivity index (χ0v) is 7.51. The highest BCUT2D eigenvalue weighted by atomic mass is 19.1. The highest BCUT2D eigenvalue weighted by Crippen LogP contribution is 2.35. The molecule has 2 rings (SSSR count). The molecule has 0 bridgehead atoms. The van der Waals surface area contributed by atoms with Crippen molar-refractivity contribution in [3.05, 3.63) is 29.8 Å². The average molecular weight is 181 g/mol. The van der Waals surface area contributed by atoms with Gasteiger partial charge in [0.15, 0.2) is 5.67 Å². The van der Waals surface area contributed by atoms with Crippen LogP contribution in [0.15, 0.2) is 24.3 Å². The van der Waals surface area contributed by atoms with E-state index in [1.807, 2.05) is 12.1 Å². The summed E-state index contributed by atoms with van der Waals surface area (Å²) in [6, 6.07) is 7.24. The monoisotopic (exact) mass is 181 g/mol. The molecule has 1 saturated heterocycles. The number of hydrogen-bond acceptors (Lipinski definition) is 2. The van der Waals surface area contributed by atoms with Crippen molar-refractivity contribution in [3.8, 4) is 5.75 Å². The van der Waals surface area contributed by atoms with Gasteiger partial charge in [-0.05, 0) is 6.07 Å². The van der Waals surface area contributed by atoms with Crippen molar-refractivity contribution in [2.24, 2.45) is 0 Å². The fourth-order valence-electron chi connectivity index (χ4n) is 1.55. The van der Waals surface area contributed by atoms with Crippen LogP contribution in [0.1, 0.15) is 5.56 Å². The predicted molar refractivity (Wildman–Crippen MR) is 48.6 cm³/mol. The summed E-state index contributed by atoms with van der Waals surface area (Å²) in [5.41, 5.74) is -0.580. The lowest BCUT2D eigenvalue weighted by Crippen LogP contribution is -2.53. The summed E-state index contributed by atoms with van der Waals surface area (Å²) in [6.45, 7) is 0.765. The van der Waals surface area contributed by atoms with Gasteiger partial charge in [-0.2, -0.15) is 0 Å². The number of nitrogens with one attached hydrogen (secondary N) is 1. The number of ether oxygens (including phenoxy) is 1. The van der Waals surface area contributed by atoms with Gasteiger partial charge in [0.25, 0.3) is 0 Å². The fourth-order valence-corrected chi connectivity index (χ4v) is 1.55. The first-order valence-corrected chi connectivity index (χ1v) is 4.29. The van der Waals surface area contributed by atoms with Crippen molar-refractivity contribution in [2.45, 2.75) is 5.67 Å². The number of hydrogen-bond donors (Lipinski definition) is 1. The highest BCUT2D eigenvalue weighted by Gasteiger charge is 2.40. The van der Waals surface area contributed by atoms with E-state index in [1.165, 1.54) is 0 Å². The second kappa shape index (κ2) is 3.00. The van der Waals surface area contributed by atoms with Crippen LogP contribution in [0.25, 0.3) is 0 Å². The van der Waals surface area contributed by atoms with Gasteiger partial charge in [-0.15, -0.1) is 0 Å². The molecule has 1 aromatic rings. The number of methoxy groups -OCH3 is 1. The Kier molecular flexibility index (Phi) is 1.96. The van der Waals surface area contributed by atoms with Gasteiger partial charge in [0.1, 0.15) is 5.75 Å². The lowest BCUT2D eigenvalue weighted by atomic mass is 9.89. The molecule has 0 saturated carbocycles. The number of para-hydroxylation sites is 1. The van der Waals surface area contributed by atoms with Gasteiger partial charge >= 0.3 is 0 Å². The van der Waals surface area contributed by atoms with Crippen molar-refractivity contribution < 1.29 is 9.13 Å². The molecule has 0 amide bonds. The summed E-state index contributed by atoms with van der Waals surface area (Å²) in [7, 11) is 1.56. The second-order valence-corrected chi connectivity index (χ2v) is 3.27. The molecule has 1 heterocycles. The number of alkyl halides is 1. The molecule has 0 aliphatic carbocycles. The summed E-state index contributed by atoms with van der Waals surface area (Å²) >= 11 is 0. The molecule has 0 unspecified atom stereocenters. The number of rotatable bonds is 2. The van der Waals surface area contributed by atoms with E-state index in [1.54, 1.807) is 19.2 Å². The number of benzene rings is 1. The topological polar surface area (TPSA) is 21.3 Å². The van der Waals surface area contributed by atoms with E-state index in [-0.39, 0.29) is 0 Å². The van der Waals surface area contributed by atoms with E-state index in [4.69, 9.17) is 4.74 Å². The first-order valence-electron chi connectivity index (χ1n) is 4.29. The van der Waals surface area contributed by atoms with Crippen LogP contribution in [0.2, 0.25) is 0 Å². The third-order valence-electron chi connectivity index (χ3n) is 2.40. The van der Waals surface area contributed by atoms with E-state index < -0.39 is 5.67 Å². The van der Waals surface area contributed by atoms with Crippen LogP contribution in [0, 0.1) is 0 Å². The minimum absolute atomic E-state index is 0.382. The summed E-state index contributed by atoms with van der Waals surface area (Å²) in [6.07, 6.45) is 0. The maximum atomic E-state index is 13.9. The third kappa shape index (κ3) is 1.29. The van der Waals surface area contributed by atoms with Gasteiger partial charge < -0.3 is 10.1 Å². The van der Waals surface area contributed by atoms with Crippen molar-refractivity contribution in [1.29, 1.82) is 0 Å². The Balaban J connectivity index is 2.38. The van der Waals surface area contributed by atoms with Gasteiger partial charge in [-0.3, -0.25) is 0 Å². The fraction of sp³-hybridized carbons (Fsp3) is 0.400. The van der Waals surface area contributed by atoms with Crippen molar-refractivity contribution in [1.82, 2.24) is 5.32 Å². The van der Waals surface area contributed by atoms with E-state index in [9.17, 15) is 4.39 Å². The molecule has 1 aliphatic heterocycles. The minimum atomic E-state index is -1.23. The zero-order valence-electron chi connectivity index (χ0n) is 7.51. The molecule has 1 N–H and O–H groups in total. The van der Waals surface area contributed by atoms with Crippen molar-refractivity contribution >= 4 is 0 Å². The normalized spacial score (nSPS) is 19.2. The van der Waals surface area contributed by atoms with Crippen molar-refractivity contribution in [2.75, 3.05) is 20.2 Å². The maximum absolute atomic E-state index is 13.9. The minimum Gasteiger partial charge on any atom is -0.496 e. The molecule has 1 fully saturated rings. The quantitative estimate of drug-likeness (QED) is 0.745. The standard InChI is InChI=1S/C10H12FNO/c1-13-9-5-3-2-4-8(9)10(11)6-12-7-10/h2-5,12H,6-7H2,1H3. The summed E-state index contributed by atoms with van der Waals surface area (Å²) in [5.74, 6) is 0.631. The van der Waals surface area contributed by atoms with E-state index >= 15 is 0 Å². The Morgan fingerprint density at radius 1 is 1.38 bits per heavy atom. The molecule has 0 atom stereocenters. The Morgan fingerprint density at radius 3 is 2.62 bits per heavy atom.